The Labute approximate surface area is 187 Å². The number of nitrogens with one attached hydrogen (secondary N) is 4. The summed E-state index contributed by atoms with van der Waals surface area (Å²) in [6.07, 6.45) is 4.83. The molecule has 0 radical (unpaired) electrons. The average molecular weight is 436 g/mol. The first-order valence-corrected chi connectivity index (χ1v) is 11.3. The number of H-pyrrole nitrogens is 1. The maximum absolute atomic E-state index is 12.6. The number of rotatable bonds is 6. The van der Waals surface area contributed by atoms with E-state index in [1.54, 1.807) is 0 Å². The third-order valence-electron chi connectivity index (χ3n) is 6.06. The van der Waals surface area contributed by atoms with Gasteiger partial charge in [-0.1, -0.05) is 12.1 Å². The largest absolute Gasteiger partial charge is 0.376 e. The summed E-state index contributed by atoms with van der Waals surface area (Å²) < 4.78 is 11.5. The summed E-state index contributed by atoms with van der Waals surface area (Å²) in [7, 11) is 0. The number of nitrogens with zero attached hydrogens (tertiary/aromatic N) is 1. The van der Waals surface area contributed by atoms with Crippen molar-refractivity contribution in [1.29, 1.82) is 0 Å². The summed E-state index contributed by atoms with van der Waals surface area (Å²) in [4.78, 5) is 20.5. The van der Waals surface area contributed by atoms with Gasteiger partial charge in [0.2, 0.25) is 0 Å². The number of carbonyl (C=O) groups excluding carboxylic acids is 1. The van der Waals surface area contributed by atoms with Crippen molar-refractivity contribution < 1.29 is 14.3 Å². The van der Waals surface area contributed by atoms with Gasteiger partial charge < -0.3 is 30.4 Å². The van der Waals surface area contributed by atoms with Gasteiger partial charge in [0.15, 0.2) is 0 Å². The molecular weight excluding hydrogens is 406 g/mol. The summed E-state index contributed by atoms with van der Waals surface area (Å²) in [5.41, 5.74) is 4.60. The van der Waals surface area contributed by atoms with E-state index in [2.05, 4.69) is 32.0 Å². The number of aromatic nitrogens is 2. The van der Waals surface area contributed by atoms with E-state index < -0.39 is 0 Å². The molecule has 2 fully saturated rings. The van der Waals surface area contributed by atoms with Crippen LogP contribution < -0.4 is 16.0 Å². The normalized spacial score (nSPS) is 21.5. The minimum atomic E-state index is -0.0704. The fraction of sp³-hybridized carbons (Fsp3) is 0.417. The molecule has 8 heteroatoms. The molecule has 2 aliphatic heterocycles. The van der Waals surface area contributed by atoms with Crippen molar-refractivity contribution in [2.24, 2.45) is 0 Å². The monoisotopic (exact) mass is 435 g/mol. The number of morpholine rings is 2. The van der Waals surface area contributed by atoms with E-state index >= 15 is 0 Å². The number of aromatic amines is 1. The van der Waals surface area contributed by atoms with Crippen molar-refractivity contribution in [3.8, 4) is 11.1 Å². The molecule has 32 heavy (non-hydrogen) atoms. The van der Waals surface area contributed by atoms with E-state index in [0.29, 0.717) is 18.7 Å². The predicted molar refractivity (Wildman–Crippen MR) is 123 cm³/mol. The maximum atomic E-state index is 12.6. The molecule has 1 aromatic carbocycles. The second-order valence-electron chi connectivity index (χ2n) is 8.24. The summed E-state index contributed by atoms with van der Waals surface area (Å²) in [5.74, 6) is -0.0704. The molecule has 3 aromatic rings. The minimum absolute atomic E-state index is 0.00257. The Morgan fingerprint density at radius 2 is 1.97 bits per heavy atom. The maximum Gasteiger partial charge on any atom is 0.251 e. The first-order chi connectivity index (χ1) is 15.8. The molecule has 1 amide bonds. The van der Waals surface area contributed by atoms with E-state index in [9.17, 15) is 4.79 Å². The second kappa shape index (κ2) is 9.79. The summed E-state index contributed by atoms with van der Waals surface area (Å²) >= 11 is 0. The van der Waals surface area contributed by atoms with E-state index in [1.165, 1.54) is 0 Å². The van der Waals surface area contributed by atoms with Gasteiger partial charge in [0.25, 0.3) is 5.91 Å². The van der Waals surface area contributed by atoms with Gasteiger partial charge in [-0.3, -0.25) is 9.78 Å². The lowest BCUT2D eigenvalue weighted by Crippen LogP contribution is -2.40. The van der Waals surface area contributed by atoms with Crippen molar-refractivity contribution in [2.75, 3.05) is 45.9 Å². The molecule has 0 aliphatic carbocycles. The number of carbonyl (C=O) groups is 1. The Hall–Kier alpha value is -2.78. The van der Waals surface area contributed by atoms with Crippen LogP contribution in [0.4, 0.5) is 0 Å². The molecule has 2 saturated heterocycles. The zero-order valence-electron chi connectivity index (χ0n) is 18.0. The van der Waals surface area contributed by atoms with Crippen molar-refractivity contribution >= 4 is 16.8 Å². The van der Waals surface area contributed by atoms with Gasteiger partial charge in [-0.2, -0.15) is 0 Å². The zero-order chi connectivity index (χ0) is 21.8. The molecule has 0 spiro atoms. The molecule has 2 atom stereocenters. The molecule has 4 N–H and O–H groups in total. The van der Waals surface area contributed by atoms with Crippen molar-refractivity contribution in [1.82, 2.24) is 25.9 Å². The van der Waals surface area contributed by atoms with Crippen molar-refractivity contribution in [3.05, 3.63) is 54.0 Å². The number of benzene rings is 1. The quantitative estimate of drug-likeness (QED) is 0.473. The molecule has 8 nitrogen and oxygen atoms in total. The van der Waals surface area contributed by atoms with E-state index in [-0.39, 0.29) is 18.1 Å². The Morgan fingerprint density at radius 1 is 1.09 bits per heavy atom. The fourth-order valence-corrected chi connectivity index (χ4v) is 4.27. The van der Waals surface area contributed by atoms with Gasteiger partial charge in [-0.25, -0.2) is 0 Å². The van der Waals surface area contributed by atoms with E-state index in [1.807, 2.05) is 36.7 Å². The first-order valence-electron chi connectivity index (χ1n) is 11.3. The van der Waals surface area contributed by atoms with Crippen molar-refractivity contribution in [3.63, 3.8) is 0 Å². The van der Waals surface area contributed by atoms with Crippen LogP contribution in [0.5, 0.6) is 0 Å². The minimum Gasteiger partial charge on any atom is -0.376 e. The van der Waals surface area contributed by atoms with Gasteiger partial charge in [0.05, 0.1) is 25.0 Å². The van der Waals surface area contributed by atoms with Crippen LogP contribution >= 0.6 is 0 Å². The lowest BCUT2D eigenvalue weighted by molar-refractivity contribution is 0.0239. The number of ether oxygens (including phenoxy) is 2. The molecule has 0 saturated carbocycles. The van der Waals surface area contributed by atoms with Gasteiger partial charge in [-0.15, -0.1) is 0 Å². The van der Waals surface area contributed by atoms with E-state index in [4.69, 9.17) is 9.47 Å². The highest BCUT2D eigenvalue weighted by atomic mass is 16.5. The SMILES string of the molecule is O=C(NCCC1CNCCO1)c1ccc2c(-c3ccc(C4CNCCO4)nc3)c[nH]c2c1. The van der Waals surface area contributed by atoms with Crippen LogP contribution in [0.3, 0.4) is 0 Å². The lowest BCUT2D eigenvalue weighted by atomic mass is 10.0. The summed E-state index contributed by atoms with van der Waals surface area (Å²) in [6.45, 7) is 5.44. The van der Waals surface area contributed by atoms with Gasteiger partial charge >= 0.3 is 0 Å². The molecule has 2 aromatic heterocycles. The van der Waals surface area contributed by atoms with Gasteiger partial charge in [0.1, 0.15) is 6.10 Å². The Bertz CT molecular complexity index is 1050. The number of fused-ring (bicyclic) bond motifs is 1. The van der Waals surface area contributed by atoms with Crippen LogP contribution in [-0.4, -0.2) is 67.9 Å². The highest BCUT2D eigenvalue weighted by Gasteiger charge is 2.18. The predicted octanol–water partition coefficient (Wildman–Crippen LogP) is 2.00. The highest BCUT2D eigenvalue weighted by molar-refractivity contribution is 6.01. The van der Waals surface area contributed by atoms with Crippen LogP contribution in [-0.2, 0) is 9.47 Å². The fourth-order valence-electron chi connectivity index (χ4n) is 4.27. The van der Waals surface area contributed by atoms with E-state index in [0.717, 1.165) is 66.9 Å². The van der Waals surface area contributed by atoms with Crippen LogP contribution in [0, 0.1) is 0 Å². The van der Waals surface area contributed by atoms with Crippen LogP contribution in [0.25, 0.3) is 22.0 Å². The van der Waals surface area contributed by atoms with Gasteiger partial charge in [0, 0.05) is 72.7 Å². The molecule has 2 unspecified atom stereocenters. The summed E-state index contributed by atoms with van der Waals surface area (Å²) in [6, 6.07) is 9.87. The number of hydrogen-bond donors (Lipinski definition) is 4. The Kier molecular flexibility index (Phi) is 6.45. The standard InChI is InChI=1S/C24H29N5O3/c30-24(27-6-5-18-13-25-7-9-31-18)16-1-3-19-20(14-29-22(19)11-16)17-2-4-21(28-12-17)23-15-26-8-10-32-23/h1-4,11-12,14,18,23,25-26,29H,5-10,13,15H2,(H,27,30). The zero-order valence-corrected chi connectivity index (χ0v) is 18.0. The Morgan fingerprint density at radius 3 is 2.72 bits per heavy atom. The van der Waals surface area contributed by atoms with Crippen LogP contribution in [0.15, 0.2) is 42.7 Å². The topological polar surface area (TPSA) is 100 Å². The third-order valence-corrected chi connectivity index (χ3v) is 6.06. The second-order valence-corrected chi connectivity index (χ2v) is 8.24. The molecule has 0 bridgehead atoms. The number of amides is 1. The molecule has 2 aliphatic rings. The van der Waals surface area contributed by atoms with Crippen molar-refractivity contribution in [2.45, 2.75) is 18.6 Å². The molecule has 5 rings (SSSR count). The Balaban J connectivity index is 1.24. The average Bonchev–Trinajstić information content (AvgIpc) is 3.29. The van der Waals surface area contributed by atoms with Gasteiger partial charge in [-0.05, 0) is 24.6 Å². The third kappa shape index (κ3) is 4.68. The number of pyridine rings is 1. The smallest absolute Gasteiger partial charge is 0.251 e. The molecule has 168 valence electrons. The lowest BCUT2D eigenvalue weighted by Gasteiger charge is -2.23. The molecular formula is C24H29N5O3. The first kappa shape index (κ1) is 21.1. The number of hydrogen-bond acceptors (Lipinski definition) is 6. The highest BCUT2D eigenvalue weighted by Crippen LogP contribution is 2.29. The summed E-state index contributed by atoms with van der Waals surface area (Å²) in [5, 5.41) is 10.7. The molecule has 4 heterocycles. The van der Waals surface area contributed by atoms with Crippen LogP contribution in [0.2, 0.25) is 0 Å². The van der Waals surface area contributed by atoms with Crippen LogP contribution in [0.1, 0.15) is 28.6 Å².